The number of anilines is 1. The summed E-state index contributed by atoms with van der Waals surface area (Å²) in [6.07, 6.45) is 3.32. The predicted molar refractivity (Wildman–Crippen MR) is 65.3 cm³/mol. The second kappa shape index (κ2) is 4.37. The largest absolute Gasteiger partial charge is 0.368 e. The lowest BCUT2D eigenvalue weighted by atomic mass is 9.82. The predicted octanol–water partition coefficient (Wildman–Crippen LogP) is 1.56. The topological polar surface area (TPSA) is 77.8 Å². The molecule has 0 amide bonds. The van der Waals surface area contributed by atoms with Gasteiger partial charge in [0.1, 0.15) is 0 Å². The molecule has 0 aromatic carbocycles. The summed E-state index contributed by atoms with van der Waals surface area (Å²) < 4.78 is 0. The van der Waals surface area contributed by atoms with Gasteiger partial charge in [-0.2, -0.15) is 0 Å². The summed E-state index contributed by atoms with van der Waals surface area (Å²) in [5.74, 6) is 1.20. The van der Waals surface area contributed by atoms with Gasteiger partial charge in [0.25, 0.3) is 0 Å². The Morgan fingerprint density at radius 3 is 2.75 bits per heavy atom. The van der Waals surface area contributed by atoms with Crippen molar-refractivity contribution in [3.05, 3.63) is 17.0 Å². The minimum atomic E-state index is 0.381. The van der Waals surface area contributed by atoms with Gasteiger partial charge in [-0.25, -0.2) is 9.97 Å². The number of fused-ring (bicyclic) bond motifs is 1. The van der Waals surface area contributed by atoms with Crippen LogP contribution in [0.2, 0.25) is 0 Å². The van der Waals surface area contributed by atoms with Crippen LogP contribution in [0.15, 0.2) is 0 Å². The first-order valence-corrected chi connectivity index (χ1v) is 5.99. The number of nitrogen functional groups attached to an aromatic ring is 1. The summed E-state index contributed by atoms with van der Waals surface area (Å²) in [7, 11) is 0. The van der Waals surface area contributed by atoms with E-state index in [4.69, 9.17) is 11.5 Å². The second-order valence-corrected chi connectivity index (χ2v) is 4.81. The van der Waals surface area contributed by atoms with Crippen molar-refractivity contribution in [2.75, 3.05) is 12.3 Å². The lowest BCUT2D eigenvalue weighted by Gasteiger charge is -2.27. The Labute approximate surface area is 96.5 Å². The van der Waals surface area contributed by atoms with Crippen molar-refractivity contribution >= 4 is 5.95 Å². The Morgan fingerprint density at radius 2 is 2.12 bits per heavy atom. The van der Waals surface area contributed by atoms with Gasteiger partial charge in [0.2, 0.25) is 5.95 Å². The Hall–Kier alpha value is -1.16. The fraction of sp³-hybridized carbons (Fsp3) is 0.667. The molecule has 4 N–H and O–H groups in total. The van der Waals surface area contributed by atoms with Crippen LogP contribution in [-0.4, -0.2) is 16.5 Å². The lowest BCUT2D eigenvalue weighted by molar-refractivity contribution is 0.536. The molecule has 0 fully saturated rings. The molecule has 88 valence electrons. The number of nitrogens with two attached hydrogens (primary N) is 2. The van der Waals surface area contributed by atoms with E-state index in [1.165, 1.54) is 5.56 Å². The molecule has 1 aromatic rings. The van der Waals surface area contributed by atoms with E-state index in [0.29, 0.717) is 24.3 Å². The Balaban J connectivity index is 2.56. The number of rotatable bonds is 2. The maximum atomic E-state index is 5.84. The van der Waals surface area contributed by atoms with Crippen LogP contribution in [0.4, 0.5) is 5.95 Å². The first-order valence-electron chi connectivity index (χ1n) is 5.99. The summed E-state index contributed by atoms with van der Waals surface area (Å²) in [5, 5.41) is 0. The van der Waals surface area contributed by atoms with E-state index in [0.717, 1.165) is 30.7 Å². The molecule has 1 aliphatic rings. The third-order valence-electron chi connectivity index (χ3n) is 3.28. The van der Waals surface area contributed by atoms with Crippen molar-refractivity contribution in [1.82, 2.24) is 9.97 Å². The average Bonchev–Trinajstić information content (AvgIpc) is 2.26. The van der Waals surface area contributed by atoms with E-state index in [1.54, 1.807) is 0 Å². The van der Waals surface area contributed by atoms with E-state index in [-0.39, 0.29) is 0 Å². The van der Waals surface area contributed by atoms with Crippen molar-refractivity contribution in [2.24, 2.45) is 5.73 Å². The van der Waals surface area contributed by atoms with Crippen LogP contribution in [-0.2, 0) is 6.42 Å². The zero-order valence-electron chi connectivity index (χ0n) is 10.0. The molecule has 1 aliphatic carbocycles. The molecular formula is C12H20N4. The molecule has 16 heavy (non-hydrogen) atoms. The van der Waals surface area contributed by atoms with Gasteiger partial charge in [0.15, 0.2) is 0 Å². The highest BCUT2D eigenvalue weighted by Gasteiger charge is 2.25. The SMILES string of the molecule is CC(C)c1nc(N)nc2c1C(CN)CCC2. The highest BCUT2D eigenvalue weighted by Crippen LogP contribution is 2.34. The van der Waals surface area contributed by atoms with E-state index < -0.39 is 0 Å². The van der Waals surface area contributed by atoms with Crippen molar-refractivity contribution in [3.63, 3.8) is 0 Å². The van der Waals surface area contributed by atoms with Crippen LogP contribution in [0.3, 0.4) is 0 Å². The minimum Gasteiger partial charge on any atom is -0.368 e. The van der Waals surface area contributed by atoms with E-state index in [1.807, 2.05) is 0 Å². The fourth-order valence-electron chi connectivity index (χ4n) is 2.53. The van der Waals surface area contributed by atoms with Crippen LogP contribution in [0.1, 0.15) is 55.5 Å². The molecular weight excluding hydrogens is 200 g/mol. The molecule has 4 heteroatoms. The molecule has 0 bridgehead atoms. The molecule has 0 aliphatic heterocycles. The summed E-state index contributed by atoms with van der Waals surface area (Å²) in [4.78, 5) is 8.76. The summed E-state index contributed by atoms with van der Waals surface area (Å²) >= 11 is 0. The highest BCUT2D eigenvalue weighted by atomic mass is 15.0. The third kappa shape index (κ3) is 1.89. The summed E-state index contributed by atoms with van der Waals surface area (Å²) in [5.41, 5.74) is 15.1. The first-order chi connectivity index (χ1) is 7.63. The molecule has 2 rings (SSSR count). The Morgan fingerprint density at radius 1 is 1.38 bits per heavy atom. The number of hydrogen-bond acceptors (Lipinski definition) is 4. The van der Waals surface area contributed by atoms with E-state index >= 15 is 0 Å². The molecule has 0 spiro atoms. The van der Waals surface area contributed by atoms with Gasteiger partial charge in [0, 0.05) is 5.69 Å². The quantitative estimate of drug-likeness (QED) is 0.793. The Bertz CT molecular complexity index is 387. The number of nitrogens with zero attached hydrogens (tertiary/aromatic N) is 2. The van der Waals surface area contributed by atoms with Crippen molar-refractivity contribution in [3.8, 4) is 0 Å². The summed E-state index contributed by atoms with van der Waals surface area (Å²) in [6, 6.07) is 0. The molecule has 0 saturated heterocycles. The van der Waals surface area contributed by atoms with Gasteiger partial charge in [-0.3, -0.25) is 0 Å². The zero-order valence-corrected chi connectivity index (χ0v) is 10.0. The highest BCUT2D eigenvalue weighted by molar-refractivity contribution is 5.38. The van der Waals surface area contributed by atoms with Crippen LogP contribution in [0.25, 0.3) is 0 Å². The van der Waals surface area contributed by atoms with Crippen molar-refractivity contribution in [2.45, 2.75) is 44.9 Å². The molecule has 0 saturated carbocycles. The van der Waals surface area contributed by atoms with Crippen LogP contribution in [0, 0.1) is 0 Å². The molecule has 1 heterocycles. The van der Waals surface area contributed by atoms with Gasteiger partial charge in [-0.1, -0.05) is 13.8 Å². The van der Waals surface area contributed by atoms with Crippen LogP contribution < -0.4 is 11.5 Å². The van der Waals surface area contributed by atoms with Crippen LogP contribution in [0.5, 0.6) is 0 Å². The van der Waals surface area contributed by atoms with E-state index in [2.05, 4.69) is 23.8 Å². The molecule has 1 unspecified atom stereocenters. The smallest absolute Gasteiger partial charge is 0.220 e. The monoisotopic (exact) mass is 220 g/mol. The number of aryl methyl sites for hydroxylation is 1. The standard InChI is InChI=1S/C12H20N4/c1-7(2)11-10-8(6-13)4-3-5-9(10)15-12(14)16-11/h7-8H,3-6,13H2,1-2H3,(H2,14,15,16). The maximum Gasteiger partial charge on any atom is 0.220 e. The van der Waals surface area contributed by atoms with Gasteiger partial charge in [0.05, 0.1) is 5.69 Å². The Kier molecular flexibility index (Phi) is 3.10. The second-order valence-electron chi connectivity index (χ2n) is 4.81. The van der Waals surface area contributed by atoms with Crippen molar-refractivity contribution in [1.29, 1.82) is 0 Å². The van der Waals surface area contributed by atoms with Gasteiger partial charge in [-0.05, 0) is 43.2 Å². The normalized spacial score (nSPS) is 19.9. The average molecular weight is 220 g/mol. The summed E-state index contributed by atoms with van der Waals surface area (Å²) in [6.45, 7) is 4.97. The lowest BCUT2D eigenvalue weighted by Crippen LogP contribution is -2.23. The molecule has 1 aromatic heterocycles. The third-order valence-corrected chi connectivity index (χ3v) is 3.28. The van der Waals surface area contributed by atoms with Gasteiger partial charge in [-0.15, -0.1) is 0 Å². The van der Waals surface area contributed by atoms with E-state index in [9.17, 15) is 0 Å². The minimum absolute atomic E-state index is 0.381. The molecule has 1 atom stereocenters. The van der Waals surface area contributed by atoms with Gasteiger partial charge < -0.3 is 11.5 Å². The molecule has 0 radical (unpaired) electrons. The number of hydrogen-bond donors (Lipinski definition) is 2. The number of aromatic nitrogens is 2. The zero-order chi connectivity index (χ0) is 11.7. The van der Waals surface area contributed by atoms with Gasteiger partial charge >= 0.3 is 0 Å². The fourth-order valence-corrected chi connectivity index (χ4v) is 2.53. The first kappa shape index (κ1) is 11.3. The van der Waals surface area contributed by atoms with Crippen LogP contribution >= 0.6 is 0 Å². The molecule has 4 nitrogen and oxygen atoms in total. The maximum absolute atomic E-state index is 5.84. The van der Waals surface area contributed by atoms with Crippen molar-refractivity contribution < 1.29 is 0 Å².